The highest BCUT2D eigenvalue weighted by molar-refractivity contribution is 5.79. The first-order valence-corrected chi connectivity index (χ1v) is 9.24. The molecule has 0 spiro atoms. The number of rotatable bonds is 5. The third-order valence-corrected chi connectivity index (χ3v) is 4.45. The summed E-state index contributed by atoms with van der Waals surface area (Å²) in [5, 5.41) is 4.18. The van der Waals surface area contributed by atoms with Crippen LogP contribution in [0.3, 0.4) is 0 Å². The predicted molar refractivity (Wildman–Crippen MR) is 104 cm³/mol. The highest BCUT2D eigenvalue weighted by Gasteiger charge is 2.20. The molecule has 0 amide bonds. The molecule has 0 saturated carbocycles. The van der Waals surface area contributed by atoms with Crippen molar-refractivity contribution in [2.24, 2.45) is 5.10 Å². The van der Waals surface area contributed by atoms with Crippen molar-refractivity contribution in [2.75, 3.05) is 67.8 Å². The van der Waals surface area contributed by atoms with Crippen LogP contribution in [0.5, 0.6) is 0 Å². The summed E-state index contributed by atoms with van der Waals surface area (Å²) in [5.41, 5.74) is 3.63. The molecule has 0 unspecified atom stereocenters. The van der Waals surface area contributed by atoms with Crippen LogP contribution in [-0.4, -0.2) is 73.8 Å². The van der Waals surface area contributed by atoms with Crippen molar-refractivity contribution < 1.29 is 13.9 Å². The zero-order valence-electron chi connectivity index (χ0n) is 15.4. The Morgan fingerprint density at radius 1 is 0.857 bits per heavy atom. The maximum absolute atomic E-state index is 13.0. The Morgan fingerprint density at radius 2 is 1.39 bits per heavy atom. The third-order valence-electron chi connectivity index (χ3n) is 4.45. The molecule has 1 N–H and O–H groups in total. The first-order chi connectivity index (χ1) is 13.8. The summed E-state index contributed by atoms with van der Waals surface area (Å²) in [7, 11) is 0. The molecule has 28 heavy (non-hydrogen) atoms. The number of nitrogens with zero attached hydrogens (tertiary/aromatic N) is 6. The summed E-state index contributed by atoms with van der Waals surface area (Å²) in [5.74, 6) is 1.27. The van der Waals surface area contributed by atoms with Gasteiger partial charge in [-0.05, 0) is 17.7 Å². The fourth-order valence-electron chi connectivity index (χ4n) is 2.93. The van der Waals surface area contributed by atoms with E-state index >= 15 is 0 Å². The molecule has 0 aliphatic carbocycles. The van der Waals surface area contributed by atoms with E-state index < -0.39 is 0 Å². The summed E-state index contributed by atoms with van der Waals surface area (Å²) in [6, 6.07) is 6.06. The SMILES string of the molecule is Fc1ccc(C=NNc2nc(N3CCOCC3)nc(N3CCOCC3)n2)cc1. The Hall–Kier alpha value is -2.85. The van der Waals surface area contributed by atoms with Gasteiger partial charge in [0.25, 0.3) is 0 Å². The lowest BCUT2D eigenvalue weighted by molar-refractivity contribution is 0.121. The van der Waals surface area contributed by atoms with Crippen molar-refractivity contribution in [3.8, 4) is 0 Å². The molecular weight excluding hydrogens is 365 g/mol. The fourth-order valence-corrected chi connectivity index (χ4v) is 2.93. The first kappa shape index (κ1) is 18.5. The lowest BCUT2D eigenvalue weighted by Gasteiger charge is -2.30. The number of ether oxygens (including phenoxy) is 2. The average Bonchev–Trinajstić information content (AvgIpc) is 2.76. The van der Waals surface area contributed by atoms with E-state index in [9.17, 15) is 4.39 Å². The van der Waals surface area contributed by atoms with E-state index in [1.54, 1.807) is 18.3 Å². The molecule has 2 saturated heterocycles. The molecule has 2 aliphatic heterocycles. The number of halogens is 1. The summed E-state index contributed by atoms with van der Waals surface area (Å²) in [6.45, 7) is 5.48. The molecule has 1 aromatic heterocycles. The fraction of sp³-hybridized carbons (Fsp3) is 0.444. The topological polar surface area (TPSA) is 88.0 Å². The quantitative estimate of drug-likeness (QED) is 0.604. The maximum Gasteiger partial charge on any atom is 0.250 e. The van der Waals surface area contributed by atoms with Crippen LogP contribution in [-0.2, 0) is 9.47 Å². The van der Waals surface area contributed by atoms with Crippen LogP contribution in [0.2, 0.25) is 0 Å². The highest BCUT2D eigenvalue weighted by Crippen LogP contribution is 2.18. The first-order valence-electron chi connectivity index (χ1n) is 9.24. The minimum Gasteiger partial charge on any atom is -0.378 e. The Labute approximate surface area is 162 Å². The molecule has 2 aliphatic rings. The van der Waals surface area contributed by atoms with Gasteiger partial charge in [0.1, 0.15) is 5.82 Å². The molecule has 0 atom stereocenters. The van der Waals surface area contributed by atoms with Gasteiger partial charge in [0, 0.05) is 26.2 Å². The van der Waals surface area contributed by atoms with Gasteiger partial charge in [-0.15, -0.1) is 0 Å². The van der Waals surface area contributed by atoms with Crippen LogP contribution < -0.4 is 15.2 Å². The van der Waals surface area contributed by atoms with Crippen molar-refractivity contribution >= 4 is 24.1 Å². The van der Waals surface area contributed by atoms with Crippen LogP contribution in [0.25, 0.3) is 0 Å². The molecule has 3 heterocycles. The second-order valence-electron chi connectivity index (χ2n) is 6.38. The molecular formula is C18H22FN7O2. The number of benzene rings is 1. The van der Waals surface area contributed by atoms with Crippen molar-refractivity contribution in [3.05, 3.63) is 35.6 Å². The van der Waals surface area contributed by atoms with Gasteiger partial charge in [-0.1, -0.05) is 12.1 Å². The molecule has 4 rings (SSSR count). The molecule has 148 valence electrons. The van der Waals surface area contributed by atoms with E-state index in [1.165, 1.54) is 12.1 Å². The van der Waals surface area contributed by atoms with Gasteiger partial charge in [-0.2, -0.15) is 20.1 Å². The number of hydrazone groups is 1. The molecule has 0 radical (unpaired) electrons. The molecule has 1 aromatic carbocycles. The molecule has 0 bridgehead atoms. The standard InChI is InChI=1S/C18H22FN7O2/c19-15-3-1-14(2-4-15)13-20-24-16-21-17(25-5-9-27-10-6-25)23-18(22-16)26-7-11-28-12-8-26/h1-4,13H,5-12H2,(H,21,22,23,24). The minimum absolute atomic E-state index is 0.284. The number of nitrogens with one attached hydrogen (secondary N) is 1. The van der Waals surface area contributed by atoms with Crippen molar-refractivity contribution in [1.82, 2.24) is 15.0 Å². The Bertz CT molecular complexity index is 770. The van der Waals surface area contributed by atoms with Gasteiger partial charge in [-0.3, -0.25) is 0 Å². The maximum atomic E-state index is 13.0. The van der Waals surface area contributed by atoms with E-state index in [0.29, 0.717) is 44.3 Å². The van der Waals surface area contributed by atoms with E-state index in [2.05, 4.69) is 35.3 Å². The lowest BCUT2D eigenvalue weighted by Crippen LogP contribution is -2.40. The zero-order valence-corrected chi connectivity index (χ0v) is 15.4. The predicted octanol–water partition coefficient (Wildman–Crippen LogP) is 1.13. The van der Waals surface area contributed by atoms with Gasteiger partial charge in [-0.25, -0.2) is 9.82 Å². The largest absolute Gasteiger partial charge is 0.378 e. The van der Waals surface area contributed by atoms with Gasteiger partial charge in [0.15, 0.2) is 0 Å². The minimum atomic E-state index is -0.284. The highest BCUT2D eigenvalue weighted by atomic mass is 19.1. The molecule has 10 heteroatoms. The van der Waals surface area contributed by atoms with E-state index in [-0.39, 0.29) is 5.82 Å². The Balaban J connectivity index is 1.54. The molecule has 2 fully saturated rings. The van der Waals surface area contributed by atoms with Crippen LogP contribution in [0.4, 0.5) is 22.2 Å². The lowest BCUT2D eigenvalue weighted by atomic mass is 10.2. The van der Waals surface area contributed by atoms with Crippen molar-refractivity contribution in [1.29, 1.82) is 0 Å². The van der Waals surface area contributed by atoms with Gasteiger partial charge < -0.3 is 19.3 Å². The number of aromatic nitrogens is 3. The molecule has 9 nitrogen and oxygen atoms in total. The van der Waals surface area contributed by atoms with E-state index in [1.807, 2.05) is 0 Å². The second-order valence-corrected chi connectivity index (χ2v) is 6.38. The Kier molecular flexibility index (Phi) is 5.88. The van der Waals surface area contributed by atoms with Crippen LogP contribution in [0.15, 0.2) is 29.4 Å². The molecule has 2 aromatic rings. The Morgan fingerprint density at radius 3 is 1.93 bits per heavy atom. The van der Waals surface area contributed by atoms with Crippen molar-refractivity contribution in [2.45, 2.75) is 0 Å². The average molecular weight is 387 g/mol. The van der Waals surface area contributed by atoms with Crippen LogP contribution in [0.1, 0.15) is 5.56 Å². The summed E-state index contributed by atoms with van der Waals surface area (Å²) < 4.78 is 23.8. The van der Waals surface area contributed by atoms with Gasteiger partial charge in [0.05, 0.1) is 32.6 Å². The monoisotopic (exact) mass is 387 g/mol. The number of hydrogen-bond acceptors (Lipinski definition) is 9. The zero-order chi connectivity index (χ0) is 19.2. The number of anilines is 3. The second kappa shape index (κ2) is 8.89. The smallest absolute Gasteiger partial charge is 0.250 e. The summed E-state index contributed by atoms with van der Waals surface area (Å²) >= 11 is 0. The van der Waals surface area contributed by atoms with Crippen LogP contribution >= 0.6 is 0 Å². The van der Waals surface area contributed by atoms with Gasteiger partial charge >= 0.3 is 0 Å². The number of hydrogen-bond donors (Lipinski definition) is 1. The third kappa shape index (κ3) is 4.70. The van der Waals surface area contributed by atoms with Gasteiger partial charge in [0.2, 0.25) is 17.8 Å². The van der Waals surface area contributed by atoms with Crippen LogP contribution in [0, 0.1) is 5.82 Å². The summed E-state index contributed by atoms with van der Waals surface area (Å²) in [4.78, 5) is 17.8. The van der Waals surface area contributed by atoms with E-state index in [4.69, 9.17) is 9.47 Å². The van der Waals surface area contributed by atoms with E-state index in [0.717, 1.165) is 31.7 Å². The normalized spacial score (nSPS) is 17.9. The number of morpholine rings is 2. The van der Waals surface area contributed by atoms with Crippen molar-refractivity contribution in [3.63, 3.8) is 0 Å². The summed E-state index contributed by atoms with van der Waals surface area (Å²) in [6.07, 6.45) is 1.59.